The first-order chi connectivity index (χ1) is 15.8. The van der Waals surface area contributed by atoms with E-state index < -0.39 is 23.9 Å². The number of anilines is 1. The highest BCUT2D eigenvalue weighted by molar-refractivity contribution is 6.92. The Labute approximate surface area is 206 Å². The maximum atomic E-state index is 12.7. The van der Waals surface area contributed by atoms with E-state index in [-0.39, 0.29) is 16.5 Å². The number of carbonyl (C=O) groups is 1. The van der Waals surface area contributed by atoms with Crippen molar-refractivity contribution < 1.29 is 28.8 Å². The molecule has 2 aromatic rings. The molecule has 1 N–H and O–H groups in total. The number of hydrogen-bond acceptors (Lipinski definition) is 6. The molecule has 34 heavy (non-hydrogen) atoms. The van der Waals surface area contributed by atoms with Gasteiger partial charge in [0.25, 0.3) is 0 Å². The van der Waals surface area contributed by atoms with E-state index in [1.807, 2.05) is 57.2 Å². The van der Waals surface area contributed by atoms with Gasteiger partial charge in [0.2, 0.25) is 0 Å². The highest BCUT2D eigenvalue weighted by Gasteiger charge is 2.43. The summed E-state index contributed by atoms with van der Waals surface area (Å²) in [7, 11) is 1.65. The van der Waals surface area contributed by atoms with Crippen LogP contribution in [0.2, 0.25) is 0 Å². The van der Waals surface area contributed by atoms with Crippen LogP contribution in [0.4, 0.5) is 10.5 Å². The van der Waals surface area contributed by atoms with Gasteiger partial charge in [0, 0.05) is 24.9 Å². The molecule has 0 aliphatic carbocycles. The number of rotatable bonds is 9. The Balaban J connectivity index is 0.00000408. The number of benzene rings is 2. The van der Waals surface area contributed by atoms with Crippen molar-refractivity contribution >= 4 is 21.7 Å². The monoisotopic (exact) mass is 491 g/mol. The molecule has 0 spiro atoms. The van der Waals surface area contributed by atoms with Crippen LogP contribution in [0, 0.1) is 0 Å². The van der Waals surface area contributed by atoms with Gasteiger partial charge >= 0.3 is 6.09 Å². The Morgan fingerprint density at radius 3 is 2.50 bits per heavy atom. The summed E-state index contributed by atoms with van der Waals surface area (Å²) in [6.07, 6.45) is 0.0398. The van der Waals surface area contributed by atoms with Crippen LogP contribution in [0.3, 0.4) is 0 Å². The third-order valence-electron chi connectivity index (χ3n) is 5.73. The van der Waals surface area contributed by atoms with E-state index in [0.717, 1.165) is 29.7 Å². The van der Waals surface area contributed by atoms with Crippen LogP contribution >= 0.6 is 9.90 Å². The first kappa shape index (κ1) is 27.9. The number of ether oxygens (including phenoxy) is 4. The molecule has 0 fully saturated rings. The fraction of sp³-hybridized carbons (Fsp3) is 0.500. The third-order valence-corrected chi connectivity index (χ3v) is 5.73. The summed E-state index contributed by atoms with van der Waals surface area (Å²) < 4.78 is 23.0. The number of aliphatic hydroxyl groups excluding tert-OH is 1. The molecular formula is C26H38NO6P. The zero-order valence-electron chi connectivity index (χ0n) is 20.9. The Hall–Kier alpha value is -2.34. The van der Waals surface area contributed by atoms with Gasteiger partial charge in [-0.05, 0) is 63.1 Å². The first-order valence-corrected chi connectivity index (χ1v) is 11.5. The number of hydrogen-bond donors (Lipinski definition) is 1. The largest absolute Gasteiger partial charge is 0.494 e. The minimum Gasteiger partial charge on any atom is -0.494 e. The van der Waals surface area contributed by atoms with Crippen LogP contribution in [-0.4, -0.2) is 43.2 Å². The van der Waals surface area contributed by atoms with Gasteiger partial charge in [0.1, 0.15) is 35.9 Å². The first-order valence-electron chi connectivity index (χ1n) is 11.5. The van der Waals surface area contributed by atoms with Gasteiger partial charge in [-0.25, -0.2) is 4.79 Å². The molecule has 1 heterocycles. The summed E-state index contributed by atoms with van der Waals surface area (Å²) in [5.41, 5.74) is 1.44. The zero-order valence-corrected chi connectivity index (χ0v) is 22.3. The Bertz CT molecular complexity index is 933. The fourth-order valence-electron chi connectivity index (χ4n) is 3.67. The average Bonchev–Trinajstić information content (AvgIpc) is 2.80. The molecule has 3 rings (SSSR count). The molecule has 1 amide bonds. The fourth-order valence-corrected chi connectivity index (χ4v) is 3.67. The van der Waals surface area contributed by atoms with E-state index in [1.165, 1.54) is 4.90 Å². The molecule has 188 valence electrons. The topological polar surface area (TPSA) is 77.5 Å². The van der Waals surface area contributed by atoms with E-state index in [2.05, 4.69) is 6.92 Å². The van der Waals surface area contributed by atoms with Gasteiger partial charge < -0.3 is 24.1 Å². The van der Waals surface area contributed by atoms with Gasteiger partial charge in [-0.3, -0.25) is 4.90 Å². The molecule has 1 aliphatic heterocycles. The maximum absolute atomic E-state index is 12.7. The van der Waals surface area contributed by atoms with Crippen molar-refractivity contribution in [3.8, 4) is 11.5 Å². The summed E-state index contributed by atoms with van der Waals surface area (Å²) in [5, 5.41) is 10.9. The number of carbonyl (C=O) groups excluding carboxylic acids is 1. The average molecular weight is 492 g/mol. The Morgan fingerprint density at radius 1 is 1.15 bits per heavy atom. The second kappa shape index (κ2) is 12.4. The SMILES string of the molecule is CCCCO[C@@H]1c2cc(N(C)C(=O)OCc3ccc(OCC)cc3)ccc2OC(C)(C)[C@H]1O.P. The minimum absolute atomic E-state index is 0. The van der Waals surface area contributed by atoms with Crippen molar-refractivity contribution in [1.29, 1.82) is 0 Å². The van der Waals surface area contributed by atoms with Gasteiger partial charge in [-0.1, -0.05) is 25.5 Å². The Morgan fingerprint density at radius 2 is 1.85 bits per heavy atom. The van der Waals surface area contributed by atoms with Crippen LogP contribution < -0.4 is 14.4 Å². The molecule has 0 saturated carbocycles. The van der Waals surface area contributed by atoms with E-state index >= 15 is 0 Å². The second-order valence-electron chi connectivity index (χ2n) is 8.71. The maximum Gasteiger partial charge on any atom is 0.414 e. The Kier molecular flexibility index (Phi) is 10.2. The number of amides is 1. The number of fused-ring (bicyclic) bond motifs is 1. The molecule has 0 bridgehead atoms. The van der Waals surface area contributed by atoms with E-state index in [9.17, 15) is 9.90 Å². The lowest BCUT2D eigenvalue weighted by atomic mass is 9.88. The lowest BCUT2D eigenvalue weighted by molar-refractivity contribution is -0.135. The molecule has 2 aromatic carbocycles. The van der Waals surface area contributed by atoms with Crippen molar-refractivity contribution in [1.82, 2.24) is 0 Å². The summed E-state index contributed by atoms with van der Waals surface area (Å²) >= 11 is 0. The van der Waals surface area contributed by atoms with Crippen LogP contribution in [0.25, 0.3) is 0 Å². The molecule has 1 unspecified atom stereocenters. The molecular weight excluding hydrogens is 453 g/mol. The van der Waals surface area contributed by atoms with Crippen LogP contribution in [-0.2, 0) is 16.1 Å². The van der Waals surface area contributed by atoms with Crippen molar-refractivity contribution in [2.75, 3.05) is 25.2 Å². The molecule has 0 saturated heterocycles. The summed E-state index contributed by atoms with van der Waals surface area (Å²) in [4.78, 5) is 14.1. The van der Waals surface area contributed by atoms with Gasteiger partial charge in [0.05, 0.1) is 6.61 Å². The standard InChI is InChI=1S/C26H35NO6.H3P/c1-6-8-15-31-23-21-16-19(11-14-22(21)33-26(3,4)24(23)28)27(5)25(29)32-17-18-9-12-20(13-10-18)30-7-2;/h9-14,16,23-24,28H,6-8,15,17H2,1-5H3;1H3/t23-,24+;/m1./s1. The molecule has 0 aromatic heterocycles. The van der Waals surface area contributed by atoms with Gasteiger partial charge in [0.15, 0.2) is 0 Å². The number of unbranched alkanes of at least 4 members (excludes halogenated alkanes) is 1. The molecule has 0 radical (unpaired) electrons. The summed E-state index contributed by atoms with van der Waals surface area (Å²) in [5.74, 6) is 1.42. The van der Waals surface area contributed by atoms with Crippen molar-refractivity contribution in [2.45, 2.75) is 65.0 Å². The number of aliphatic hydroxyl groups is 1. The highest BCUT2D eigenvalue weighted by atomic mass is 31.0. The van der Waals surface area contributed by atoms with Gasteiger partial charge in [-0.2, -0.15) is 9.90 Å². The molecule has 3 atom stereocenters. The molecule has 1 aliphatic rings. The van der Waals surface area contributed by atoms with Gasteiger partial charge in [-0.15, -0.1) is 0 Å². The molecule has 7 nitrogen and oxygen atoms in total. The van der Waals surface area contributed by atoms with Crippen LogP contribution in [0.1, 0.15) is 57.8 Å². The lowest BCUT2D eigenvalue weighted by Crippen LogP contribution is -2.49. The lowest BCUT2D eigenvalue weighted by Gasteiger charge is -2.42. The van der Waals surface area contributed by atoms with Crippen molar-refractivity contribution in [3.05, 3.63) is 53.6 Å². The summed E-state index contributed by atoms with van der Waals surface area (Å²) in [6, 6.07) is 12.9. The van der Waals surface area contributed by atoms with Crippen molar-refractivity contribution in [2.24, 2.45) is 0 Å². The minimum atomic E-state index is -0.839. The highest BCUT2D eigenvalue weighted by Crippen LogP contribution is 2.43. The quantitative estimate of drug-likeness (QED) is 0.379. The molecule has 8 heteroatoms. The zero-order chi connectivity index (χ0) is 24.0. The van der Waals surface area contributed by atoms with E-state index in [1.54, 1.807) is 13.1 Å². The normalized spacial score (nSPS) is 18.2. The summed E-state index contributed by atoms with van der Waals surface area (Å²) in [6.45, 7) is 9.00. The predicted octanol–water partition coefficient (Wildman–Crippen LogP) is 5.31. The number of nitrogens with zero attached hydrogens (tertiary/aromatic N) is 1. The predicted molar refractivity (Wildman–Crippen MR) is 138 cm³/mol. The smallest absolute Gasteiger partial charge is 0.414 e. The second-order valence-corrected chi connectivity index (χ2v) is 8.71. The van der Waals surface area contributed by atoms with E-state index in [0.29, 0.717) is 24.7 Å². The van der Waals surface area contributed by atoms with Crippen LogP contribution in [0.15, 0.2) is 42.5 Å². The van der Waals surface area contributed by atoms with Crippen LogP contribution in [0.5, 0.6) is 11.5 Å². The van der Waals surface area contributed by atoms with Crippen molar-refractivity contribution in [3.63, 3.8) is 0 Å². The van der Waals surface area contributed by atoms with E-state index in [4.69, 9.17) is 18.9 Å². The third kappa shape index (κ3) is 6.62.